The maximum Gasteiger partial charge on any atom is 0.0776 e. The molecule has 1 aliphatic carbocycles. The van der Waals surface area contributed by atoms with Gasteiger partial charge in [-0.15, -0.1) is 0 Å². The van der Waals surface area contributed by atoms with Crippen molar-refractivity contribution >= 4 is 0 Å². The molecule has 0 amide bonds. The molecule has 0 saturated heterocycles. The summed E-state index contributed by atoms with van der Waals surface area (Å²) in [4.78, 5) is 0. The van der Waals surface area contributed by atoms with Crippen molar-refractivity contribution in [2.24, 2.45) is 5.84 Å². The summed E-state index contributed by atoms with van der Waals surface area (Å²) in [5.74, 6) is 5.73. The van der Waals surface area contributed by atoms with Crippen molar-refractivity contribution in [3.05, 3.63) is 11.6 Å². The Balaban J connectivity index is 2.67. The maximum absolute atomic E-state index is 5.79. The van der Waals surface area contributed by atoms with E-state index in [1.54, 1.807) is 0 Å². The SMILES string of the molecule is CCOC(CC)C(NN)C1=CCCCCCC1. The Morgan fingerprint density at radius 1 is 1.29 bits per heavy atom. The Morgan fingerprint density at radius 3 is 2.71 bits per heavy atom. The first-order chi connectivity index (χ1) is 8.33. The molecule has 3 nitrogen and oxygen atoms in total. The standard InChI is InChI=1S/C14H28N2O/c1-3-13(17-4-2)14(16-15)12-10-8-6-5-7-9-11-12/h10,13-14,16H,3-9,11,15H2,1-2H3. The van der Waals surface area contributed by atoms with Gasteiger partial charge in [-0.2, -0.15) is 0 Å². The summed E-state index contributed by atoms with van der Waals surface area (Å²) in [5.41, 5.74) is 4.41. The van der Waals surface area contributed by atoms with E-state index in [1.165, 1.54) is 44.1 Å². The van der Waals surface area contributed by atoms with Gasteiger partial charge in [0.15, 0.2) is 0 Å². The lowest BCUT2D eigenvalue weighted by atomic mass is 9.91. The molecule has 2 unspecified atom stereocenters. The number of hydrogen-bond acceptors (Lipinski definition) is 3. The van der Waals surface area contributed by atoms with E-state index in [0.29, 0.717) is 0 Å². The van der Waals surface area contributed by atoms with Gasteiger partial charge < -0.3 is 4.74 Å². The summed E-state index contributed by atoms with van der Waals surface area (Å²) in [7, 11) is 0. The minimum atomic E-state index is 0.193. The molecule has 0 aromatic rings. The van der Waals surface area contributed by atoms with Gasteiger partial charge in [0.2, 0.25) is 0 Å². The first-order valence-electron chi connectivity index (χ1n) is 7.10. The van der Waals surface area contributed by atoms with E-state index >= 15 is 0 Å². The average Bonchev–Trinajstić information content (AvgIpc) is 2.30. The molecular weight excluding hydrogens is 212 g/mol. The number of allylic oxidation sites excluding steroid dienone is 1. The van der Waals surface area contributed by atoms with E-state index in [2.05, 4.69) is 18.4 Å². The smallest absolute Gasteiger partial charge is 0.0776 e. The second-order valence-corrected chi connectivity index (χ2v) is 4.78. The molecule has 0 fully saturated rings. The highest BCUT2D eigenvalue weighted by atomic mass is 16.5. The minimum Gasteiger partial charge on any atom is -0.376 e. The van der Waals surface area contributed by atoms with Crippen LogP contribution in [0.4, 0.5) is 0 Å². The molecule has 0 spiro atoms. The van der Waals surface area contributed by atoms with E-state index in [0.717, 1.165) is 13.0 Å². The zero-order valence-electron chi connectivity index (χ0n) is 11.4. The second kappa shape index (κ2) is 8.67. The third kappa shape index (κ3) is 4.78. The molecule has 1 aliphatic rings. The van der Waals surface area contributed by atoms with Crippen molar-refractivity contribution in [2.45, 2.75) is 70.9 Å². The molecule has 1 rings (SSSR count). The van der Waals surface area contributed by atoms with Gasteiger partial charge in [-0.25, -0.2) is 0 Å². The Morgan fingerprint density at radius 2 is 2.06 bits per heavy atom. The molecule has 2 atom stereocenters. The third-order valence-corrected chi connectivity index (χ3v) is 3.56. The second-order valence-electron chi connectivity index (χ2n) is 4.78. The van der Waals surface area contributed by atoms with Gasteiger partial charge in [0.05, 0.1) is 12.1 Å². The summed E-state index contributed by atoms with van der Waals surface area (Å²) in [5, 5.41) is 0. The van der Waals surface area contributed by atoms with Gasteiger partial charge in [-0.1, -0.05) is 31.4 Å². The molecule has 17 heavy (non-hydrogen) atoms. The Labute approximate surface area is 106 Å². The lowest BCUT2D eigenvalue weighted by Gasteiger charge is -2.28. The Bertz CT molecular complexity index is 228. The Hall–Kier alpha value is -0.380. The third-order valence-electron chi connectivity index (χ3n) is 3.56. The predicted molar refractivity (Wildman–Crippen MR) is 72.6 cm³/mol. The van der Waals surface area contributed by atoms with Crippen LogP contribution >= 0.6 is 0 Å². The average molecular weight is 240 g/mol. The molecule has 3 N–H and O–H groups in total. The monoisotopic (exact) mass is 240 g/mol. The van der Waals surface area contributed by atoms with Crippen molar-refractivity contribution in [3.8, 4) is 0 Å². The molecule has 0 radical (unpaired) electrons. The normalized spacial score (nSPS) is 21.2. The summed E-state index contributed by atoms with van der Waals surface area (Å²) >= 11 is 0. The highest BCUT2D eigenvalue weighted by Gasteiger charge is 2.22. The highest BCUT2D eigenvalue weighted by molar-refractivity contribution is 5.13. The number of ether oxygens (including phenoxy) is 1. The van der Waals surface area contributed by atoms with Crippen LogP contribution in [0.3, 0.4) is 0 Å². The molecular formula is C14H28N2O. The van der Waals surface area contributed by atoms with E-state index < -0.39 is 0 Å². The zero-order valence-corrected chi connectivity index (χ0v) is 11.4. The fourth-order valence-electron chi connectivity index (χ4n) is 2.62. The van der Waals surface area contributed by atoms with E-state index in [1.807, 2.05) is 6.92 Å². The van der Waals surface area contributed by atoms with Gasteiger partial charge in [0, 0.05) is 6.61 Å². The molecule has 0 aliphatic heterocycles. The lowest BCUT2D eigenvalue weighted by molar-refractivity contribution is 0.0398. The summed E-state index contributed by atoms with van der Waals surface area (Å²) < 4.78 is 5.79. The van der Waals surface area contributed by atoms with Crippen LogP contribution in [-0.2, 0) is 4.74 Å². The predicted octanol–water partition coefficient (Wildman–Crippen LogP) is 2.91. The molecule has 0 heterocycles. The molecule has 100 valence electrons. The van der Waals surface area contributed by atoms with E-state index in [4.69, 9.17) is 10.6 Å². The zero-order chi connectivity index (χ0) is 12.5. The molecule has 0 saturated carbocycles. The van der Waals surface area contributed by atoms with Crippen molar-refractivity contribution < 1.29 is 4.74 Å². The quantitative estimate of drug-likeness (QED) is 0.426. The largest absolute Gasteiger partial charge is 0.376 e. The topological polar surface area (TPSA) is 47.3 Å². The van der Waals surface area contributed by atoms with Crippen LogP contribution < -0.4 is 11.3 Å². The number of rotatable bonds is 6. The van der Waals surface area contributed by atoms with Gasteiger partial charge >= 0.3 is 0 Å². The van der Waals surface area contributed by atoms with Crippen LogP contribution in [0.15, 0.2) is 11.6 Å². The summed E-state index contributed by atoms with van der Waals surface area (Å²) in [6.07, 6.45) is 11.3. The van der Waals surface area contributed by atoms with Crippen molar-refractivity contribution in [1.29, 1.82) is 0 Å². The van der Waals surface area contributed by atoms with Crippen molar-refractivity contribution in [3.63, 3.8) is 0 Å². The molecule has 0 bridgehead atoms. The van der Waals surface area contributed by atoms with Crippen LogP contribution in [-0.4, -0.2) is 18.8 Å². The van der Waals surface area contributed by atoms with E-state index in [9.17, 15) is 0 Å². The Kier molecular flexibility index (Phi) is 7.49. The van der Waals surface area contributed by atoms with Gasteiger partial charge in [0.25, 0.3) is 0 Å². The van der Waals surface area contributed by atoms with Gasteiger partial charge in [-0.05, 0) is 39.0 Å². The van der Waals surface area contributed by atoms with Gasteiger partial charge in [-0.3, -0.25) is 11.3 Å². The first-order valence-corrected chi connectivity index (χ1v) is 7.10. The number of nitrogens with one attached hydrogen (secondary N) is 1. The number of hydrazine groups is 1. The lowest BCUT2D eigenvalue weighted by Crippen LogP contribution is -2.46. The van der Waals surface area contributed by atoms with Crippen LogP contribution in [0.25, 0.3) is 0 Å². The van der Waals surface area contributed by atoms with Crippen LogP contribution in [0.2, 0.25) is 0 Å². The van der Waals surface area contributed by atoms with Crippen LogP contribution in [0.5, 0.6) is 0 Å². The molecule has 0 aromatic heterocycles. The highest BCUT2D eigenvalue weighted by Crippen LogP contribution is 2.22. The maximum atomic E-state index is 5.79. The van der Waals surface area contributed by atoms with Gasteiger partial charge in [0.1, 0.15) is 0 Å². The minimum absolute atomic E-state index is 0.193. The van der Waals surface area contributed by atoms with Crippen molar-refractivity contribution in [1.82, 2.24) is 5.43 Å². The molecule has 0 aromatic carbocycles. The fourth-order valence-corrected chi connectivity index (χ4v) is 2.62. The molecule has 3 heteroatoms. The van der Waals surface area contributed by atoms with E-state index in [-0.39, 0.29) is 12.1 Å². The summed E-state index contributed by atoms with van der Waals surface area (Å²) in [6.45, 7) is 4.96. The summed E-state index contributed by atoms with van der Waals surface area (Å²) in [6, 6.07) is 0.193. The van der Waals surface area contributed by atoms with Crippen LogP contribution in [0, 0.1) is 0 Å². The first kappa shape index (κ1) is 14.7. The number of nitrogens with two attached hydrogens (primary N) is 1. The number of hydrogen-bond donors (Lipinski definition) is 2. The fraction of sp³-hybridized carbons (Fsp3) is 0.857. The van der Waals surface area contributed by atoms with Crippen LogP contribution in [0.1, 0.15) is 58.8 Å². The van der Waals surface area contributed by atoms with Crippen molar-refractivity contribution in [2.75, 3.05) is 6.61 Å².